The number of hydrogen-bond donors (Lipinski definition) is 4. The molecule has 0 amide bonds. The van der Waals surface area contributed by atoms with Crippen LogP contribution in [-0.2, 0) is 0 Å². The molecule has 0 spiro atoms. The summed E-state index contributed by atoms with van der Waals surface area (Å²) in [5.74, 6) is 0. The molecule has 1 saturated heterocycles. The summed E-state index contributed by atoms with van der Waals surface area (Å²) in [6, 6.07) is 1.23. The Hall–Kier alpha value is -0.160. The standard InChI is InChI=1S/C12H28N4/c1-11-3-5-13-8-10-16-12(2)4-6-14-7-9-15-11/h11-16H,3-10H2,1-2H3/t11-,12-/m1/s1. The Morgan fingerprint density at radius 2 is 1.06 bits per heavy atom. The largest absolute Gasteiger partial charge is 0.315 e. The first kappa shape index (κ1) is 13.9. The fourth-order valence-corrected chi connectivity index (χ4v) is 1.91. The molecule has 4 nitrogen and oxygen atoms in total. The smallest absolute Gasteiger partial charge is 0.00792 e. The monoisotopic (exact) mass is 228 g/mol. The number of nitrogens with one attached hydrogen (secondary N) is 4. The highest BCUT2D eigenvalue weighted by molar-refractivity contribution is 4.67. The fraction of sp³-hybridized carbons (Fsp3) is 1.00. The van der Waals surface area contributed by atoms with Gasteiger partial charge >= 0.3 is 0 Å². The van der Waals surface area contributed by atoms with Gasteiger partial charge in [0.15, 0.2) is 0 Å². The van der Waals surface area contributed by atoms with Gasteiger partial charge in [-0.15, -0.1) is 0 Å². The van der Waals surface area contributed by atoms with Gasteiger partial charge in [0.1, 0.15) is 0 Å². The van der Waals surface area contributed by atoms with Crippen LogP contribution in [0.3, 0.4) is 0 Å². The van der Waals surface area contributed by atoms with Gasteiger partial charge in [-0.3, -0.25) is 0 Å². The SMILES string of the molecule is C[C@@H]1CCNCCN[C@H](C)CCNCCN1. The van der Waals surface area contributed by atoms with Gasteiger partial charge in [-0.05, 0) is 39.8 Å². The van der Waals surface area contributed by atoms with E-state index in [1.165, 1.54) is 12.8 Å². The van der Waals surface area contributed by atoms with E-state index in [4.69, 9.17) is 0 Å². The van der Waals surface area contributed by atoms with Crippen LogP contribution in [0.1, 0.15) is 26.7 Å². The summed E-state index contributed by atoms with van der Waals surface area (Å²) in [7, 11) is 0. The molecule has 0 unspecified atom stereocenters. The Morgan fingerprint density at radius 1 is 0.625 bits per heavy atom. The summed E-state index contributed by atoms with van der Waals surface area (Å²) in [6.45, 7) is 11.0. The minimum absolute atomic E-state index is 0.615. The predicted octanol–water partition coefficient (Wildman–Crippen LogP) is -0.0844. The van der Waals surface area contributed by atoms with Crippen molar-refractivity contribution in [1.82, 2.24) is 21.3 Å². The molecule has 0 saturated carbocycles. The van der Waals surface area contributed by atoms with Crippen LogP contribution in [0.4, 0.5) is 0 Å². The topological polar surface area (TPSA) is 48.1 Å². The lowest BCUT2D eigenvalue weighted by Crippen LogP contribution is -2.40. The summed E-state index contributed by atoms with van der Waals surface area (Å²) >= 11 is 0. The minimum atomic E-state index is 0.615. The van der Waals surface area contributed by atoms with Gasteiger partial charge in [-0.25, -0.2) is 0 Å². The van der Waals surface area contributed by atoms with Gasteiger partial charge in [-0.1, -0.05) is 0 Å². The van der Waals surface area contributed by atoms with E-state index < -0.39 is 0 Å². The van der Waals surface area contributed by atoms with Crippen LogP contribution in [0.5, 0.6) is 0 Å². The summed E-state index contributed by atoms with van der Waals surface area (Å²) in [4.78, 5) is 0. The second-order valence-electron chi connectivity index (χ2n) is 4.79. The van der Waals surface area contributed by atoms with Gasteiger partial charge in [0, 0.05) is 38.3 Å². The molecule has 0 aromatic heterocycles. The predicted molar refractivity (Wildman–Crippen MR) is 69.9 cm³/mol. The second kappa shape index (κ2) is 8.93. The molecule has 16 heavy (non-hydrogen) atoms. The van der Waals surface area contributed by atoms with Crippen LogP contribution in [0, 0.1) is 0 Å². The lowest BCUT2D eigenvalue weighted by Gasteiger charge is -2.18. The molecule has 4 heteroatoms. The molecule has 1 aliphatic rings. The van der Waals surface area contributed by atoms with Gasteiger partial charge in [-0.2, -0.15) is 0 Å². The van der Waals surface area contributed by atoms with Crippen LogP contribution >= 0.6 is 0 Å². The van der Waals surface area contributed by atoms with Crippen LogP contribution in [0.2, 0.25) is 0 Å². The van der Waals surface area contributed by atoms with E-state index >= 15 is 0 Å². The molecule has 0 aliphatic carbocycles. The van der Waals surface area contributed by atoms with Crippen molar-refractivity contribution in [3.8, 4) is 0 Å². The molecule has 2 atom stereocenters. The highest BCUT2D eigenvalue weighted by atomic mass is 15.0. The maximum atomic E-state index is 3.53. The van der Waals surface area contributed by atoms with Crippen molar-refractivity contribution in [1.29, 1.82) is 0 Å². The van der Waals surface area contributed by atoms with Crippen molar-refractivity contribution >= 4 is 0 Å². The van der Waals surface area contributed by atoms with Gasteiger partial charge in [0.25, 0.3) is 0 Å². The zero-order valence-electron chi connectivity index (χ0n) is 10.8. The molecule has 0 radical (unpaired) electrons. The maximum absolute atomic E-state index is 3.53. The molecular formula is C12H28N4. The third-order valence-electron chi connectivity index (χ3n) is 3.10. The van der Waals surface area contributed by atoms with E-state index in [2.05, 4.69) is 35.1 Å². The van der Waals surface area contributed by atoms with E-state index in [-0.39, 0.29) is 0 Å². The first-order chi connectivity index (χ1) is 7.79. The number of hydrogen-bond acceptors (Lipinski definition) is 4. The Balaban J connectivity index is 2.18. The molecule has 0 aromatic rings. The summed E-state index contributed by atoms with van der Waals surface area (Å²) in [5, 5.41) is 14.0. The molecule has 0 aromatic carbocycles. The Morgan fingerprint density at radius 3 is 1.50 bits per heavy atom. The molecule has 0 bridgehead atoms. The van der Waals surface area contributed by atoms with Crippen LogP contribution < -0.4 is 21.3 Å². The Bertz CT molecular complexity index is 129. The van der Waals surface area contributed by atoms with E-state index in [1.54, 1.807) is 0 Å². The lowest BCUT2D eigenvalue weighted by atomic mass is 10.2. The average molecular weight is 228 g/mol. The van der Waals surface area contributed by atoms with E-state index in [1.807, 2.05) is 0 Å². The summed E-state index contributed by atoms with van der Waals surface area (Å²) in [6.07, 6.45) is 2.41. The van der Waals surface area contributed by atoms with Crippen molar-refractivity contribution in [2.75, 3.05) is 39.3 Å². The van der Waals surface area contributed by atoms with Gasteiger partial charge in [0.05, 0.1) is 0 Å². The fourth-order valence-electron chi connectivity index (χ4n) is 1.91. The molecule has 96 valence electrons. The van der Waals surface area contributed by atoms with Crippen molar-refractivity contribution in [2.24, 2.45) is 0 Å². The molecule has 1 aliphatic heterocycles. The summed E-state index contributed by atoms with van der Waals surface area (Å²) in [5.41, 5.74) is 0. The van der Waals surface area contributed by atoms with Gasteiger partial charge in [0.2, 0.25) is 0 Å². The zero-order chi connectivity index (χ0) is 11.6. The van der Waals surface area contributed by atoms with Crippen LogP contribution in [0.25, 0.3) is 0 Å². The maximum Gasteiger partial charge on any atom is 0.00792 e. The second-order valence-corrected chi connectivity index (χ2v) is 4.79. The first-order valence-electron chi connectivity index (χ1n) is 6.67. The van der Waals surface area contributed by atoms with E-state index in [0.717, 1.165) is 39.3 Å². The molecular weight excluding hydrogens is 200 g/mol. The van der Waals surface area contributed by atoms with Crippen molar-refractivity contribution in [3.05, 3.63) is 0 Å². The molecule has 1 rings (SSSR count). The lowest BCUT2D eigenvalue weighted by molar-refractivity contribution is 0.445. The third kappa shape index (κ3) is 7.17. The minimum Gasteiger partial charge on any atom is -0.315 e. The highest BCUT2D eigenvalue weighted by Crippen LogP contribution is 1.90. The third-order valence-corrected chi connectivity index (χ3v) is 3.10. The highest BCUT2D eigenvalue weighted by Gasteiger charge is 2.03. The molecule has 1 heterocycles. The molecule has 4 N–H and O–H groups in total. The van der Waals surface area contributed by atoms with Crippen LogP contribution in [-0.4, -0.2) is 51.4 Å². The van der Waals surface area contributed by atoms with Crippen LogP contribution in [0.15, 0.2) is 0 Å². The quantitative estimate of drug-likeness (QED) is 0.468. The van der Waals surface area contributed by atoms with E-state index in [0.29, 0.717) is 12.1 Å². The van der Waals surface area contributed by atoms with Gasteiger partial charge < -0.3 is 21.3 Å². The Labute approximate surface area is 99.9 Å². The zero-order valence-corrected chi connectivity index (χ0v) is 10.8. The average Bonchev–Trinajstić information content (AvgIpc) is 2.27. The van der Waals surface area contributed by atoms with Crippen molar-refractivity contribution in [3.63, 3.8) is 0 Å². The van der Waals surface area contributed by atoms with Crippen molar-refractivity contribution in [2.45, 2.75) is 38.8 Å². The normalized spacial score (nSPS) is 31.9. The first-order valence-corrected chi connectivity index (χ1v) is 6.67. The number of rotatable bonds is 0. The summed E-state index contributed by atoms with van der Waals surface area (Å²) < 4.78 is 0. The molecule has 1 fully saturated rings. The Kier molecular flexibility index (Phi) is 7.76. The van der Waals surface area contributed by atoms with E-state index in [9.17, 15) is 0 Å². The van der Waals surface area contributed by atoms with Crippen molar-refractivity contribution < 1.29 is 0 Å².